The van der Waals surface area contributed by atoms with Gasteiger partial charge in [-0.1, -0.05) is 0 Å². The van der Waals surface area contributed by atoms with Crippen molar-refractivity contribution in [3.63, 3.8) is 0 Å². The van der Waals surface area contributed by atoms with Gasteiger partial charge in [0.05, 0.1) is 11.5 Å². The zero-order valence-corrected chi connectivity index (χ0v) is 17.0. The van der Waals surface area contributed by atoms with Gasteiger partial charge in [0.1, 0.15) is 0 Å². The molecule has 0 aromatic heterocycles. The first-order chi connectivity index (χ1) is 14.0. The molecule has 5 aliphatic rings. The van der Waals surface area contributed by atoms with Crippen molar-refractivity contribution < 1.29 is 14.7 Å². The van der Waals surface area contributed by atoms with Crippen LogP contribution >= 0.6 is 0 Å². The number of benzene rings is 1. The van der Waals surface area contributed by atoms with Crippen molar-refractivity contribution in [3.05, 3.63) is 29.8 Å². The molecule has 0 unspecified atom stereocenters. The number of amides is 2. The Hall–Kier alpha value is -1.88. The van der Waals surface area contributed by atoms with Gasteiger partial charge < -0.3 is 15.7 Å². The Labute approximate surface area is 172 Å². The van der Waals surface area contributed by atoms with Crippen molar-refractivity contribution in [3.8, 4) is 0 Å². The molecule has 5 saturated carbocycles. The van der Waals surface area contributed by atoms with Crippen molar-refractivity contribution in [2.24, 2.45) is 23.2 Å². The van der Waals surface area contributed by atoms with Crippen LogP contribution in [0.1, 0.15) is 74.6 Å². The quantitative estimate of drug-likeness (QED) is 0.723. The summed E-state index contributed by atoms with van der Waals surface area (Å²) < 4.78 is 0. The van der Waals surface area contributed by atoms with Crippen LogP contribution in [0.15, 0.2) is 24.3 Å². The second-order valence-corrected chi connectivity index (χ2v) is 10.2. The Morgan fingerprint density at radius 1 is 0.862 bits per heavy atom. The van der Waals surface area contributed by atoms with E-state index < -0.39 is 0 Å². The lowest BCUT2D eigenvalue weighted by Gasteiger charge is -2.55. The summed E-state index contributed by atoms with van der Waals surface area (Å²) in [7, 11) is 0. The van der Waals surface area contributed by atoms with Crippen molar-refractivity contribution in [2.75, 3.05) is 5.32 Å². The van der Waals surface area contributed by atoms with E-state index in [0.717, 1.165) is 68.4 Å². The Kier molecular flexibility index (Phi) is 4.89. The number of hydrogen-bond donors (Lipinski definition) is 3. The first-order valence-corrected chi connectivity index (χ1v) is 11.4. The lowest BCUT2D eigenvalue weighted by Crippen LogP contribution is -2.51. The maximum absolute atomic E-state index is 13.2. The summed E-state index contributed by atoms with van der Waals surface area (Å²) in [5, 5.41) is 15.8. The molecule has 0 spiro atoms. The summed E-state index contributed by atoms with van der Waals surface area (Å²) in [6, 6.07) is 7.42. The maximum Gasteiger partial charge on any atom is 0.251 e. The minimum absolute atomic E-state index is 0.0784. The van der Waals surface area contributed by atoms with Crippen LogP contribution < -0.4 is 10.6 Å². The highest BCUT2D eigenvalue weighted by molar-refractivity contribution is 5.97. The molecule has 5 nitrogen and oxygen atoms in total. The molecule has 156 valence electrons. The van der Waals surface area contributed by atoms with Gasteiger partial charge in [0.25, 0.3) is 5.91 Å². The number of hydrogen-bond acceptors (Lipinski definition) is 3. The third kappa shape index (κ3) is 3.81. The number of aliphatic hydroxyl groups is 1. The van der Waals surface area contributed by atoms with Gasteiger partial charge in [-0.2, -0.15) is 0 Å². The minimum atomic E-state index is -0.222. The van der Waals surface area contributed by atoms with E-state index >= 15 is 0 Å². The summed E-state index contributed by atoms with van der Waals surface area (Å²) in [6.45, 7) is 0. The van der Waals surface area contributed by atoms with Crippen molar-refractivity contribution in [2.45, 2.75) is 76.4 Å². The monoisotopic (exact) mass is 396 g/mol. The van der Waals surface area contributed by atoms with Gasteiger partial charge in [-0.3, -0.25) is 9.59 Å². The molecule has 5 heteroatoms. The van der Waals surface area contributed by atoms with Gasteiger partial charge in [0, 0.05) is 17.3 Å². The molecule has 1 aromatic carbocycles. The van der Waals surface area contributed by atoms with E-state index in [0.29, 0.717) is 5.56 Å². The molecule has 6 rings (SSSR count). The van der Waals surface area contributed by atoms with Crippen LogP contribution in [0, 0.1) is 23.2 Å². The predicted molar refractivity (Wildman–Crippen MR) is 111 cm³/mol. The molecule has 0 radical (unpaired) electrons. The molecule has 5 fully saturated rings. The SMILES string of the molecule is O=C(NC1CCC(O)CC1)c1ccc(NC(=O)C23CC4CC(CC(C4)C2)C3)cc1. The van der Waals surface area contributed by atoms with Crippen LogP contribution in [0.4, 0.5) is 5.69 Å². The molecule has 0 heterocycles. The molecule has 29 heavy (non-hydrogen) atoms. The van der Waals surface area contributed by atoms with Crippen LogP contribution in [0.5, 0.6) is 0 Å². The summed E-state index contributed by atoms with van der Waals surface area (Å²) in [5.74, 6) is 2.36. The largest absolute Gasteiger partial charge is 0.393 e. The summed E-state index contributed by atoms with van der Waals surface area (Å²) in [6.07, 6.45) is 10.1. The van der Waals surface area contributed by atoms with Crippen molar-refractivity contribution >= 4 is 17.5 Å². The van der Waals surface area contributed by atoms with Gasteiger partial charge in [-0.15, -0.1) is 0 Å². The highest BCUT2D eigenvalue weighted by Crippen LogP contribution is 2.60. The van der Waals surface area contributed by atoms with Gasteiger partial charge in [-0.25, -0.2) is 0 Å². The molecule has 5 aliphatic carbocycles. The highest BCUT2D eigenvalue weighted by atomic mass is 16.3. The van der Waals surface area contributed by atoms with Gasteiger partial charge in [-0.05, 0) is 106 Å². The fourth-order valence-electron chi connectivity index (χ4n) is 6.85. The first kappa shape index (κ1) is 19.1. The van der Waals surface area contributed by atoms with Crippen LogP contribution in [0.25, 0.3) is 0 Å². The van der Waals surface area contributed by atoms with Crippen LogP contribution in [-0.4, -0.2) is 29.1 Å². The molecule has 0 atom stereocenters. The molecule has 1 aromatic rings. The molecule has 0 saturated heterocycles. The summed E-state index contributed by atoms with van der Waals surface area (Å²) in [4.78, 5) is 25.7. The van der Waals surface area contributed by atoms with E-state index in [2.05, 4.69) is 10.6 Å². The summed E-state index contributed by atoms with van der Waals surface area (Å²) >= 11 is 0. The van der Waals surface area contributed by atoms with E-state index in [1.54, 1.807) is 12.1 Å². The lowest BCUT2D eigenvalue weighted by atomic mass is 9.49. The first-order valence-electron chi connectivity index (χ1n) is 11.4. The summed E-state index contributed by atoms with van der Waals surface area (Å²) in [5.41, 5.74) is 1.24. The molecule has 4 bridgehead atoms. The second kappa shape index (κ2) is 7.42. The third-order valence-electron chi connectivity index (χ3n) is 7.96. The number of nitrogens with one attached hydrogen (secondary N) is 2. The van der Waals surface area contributed by atoms with E-state index in [1.165, 1.54) is 19.3 Å². The number of rotatable bonds is 4. The minimum Gasteiger partial charge on any atom is -0.393 e. The van der Waals surface area contributed by atoms with Crippen LogP contribution in [0.3, 0.4) is 0 Å². The maximum atomic E-state index is 13.2. The Bertz CT molecular complexity index is 745. The Morgan fingerprint density at radius 2 is 1.41 bits per heavy atom. The fourth-order valence-corrected chi connectivity index (χ4v) is 6.85. The van der Waals surface area contributed by atoms with Crippen LogP contribution in [-0.2, 0) is 4.79 Å². The van der Waals surface area contributed by atoms with Gasteiger partial charge in [0.15, 0.2) is 0 Å². The number of carbonyl (C=O) groups is 2. The normalized spacial score (nSPS) is 37.9. The number of aliphatic hydroxyl groups excluding tert-OH is 1. The zero-order valence-electron chi connectivity index (χ0n) is 17.0. The topological polar surface area (TPSA) is 78.4 Å². The van der Waals surface area contributed by atoms with E-state index in [1.807, 2.05) is 12.1 Å². The van der Waals surface area contributed by atoms with Crippen molar-refractivity contribution in [1.82, 2.24) is 5.32 Å². The predicted octanol–water partition coefficient (Wildman–Crippen LogP) is 3.87. The number of anilines is 1. The molecular weight excluding hydrogens is 364 g/mol. The van der Waals surface area contributed by atoms with Crippen molar-refractivity contribution in [1.29, 1.82) is 0 Å². The molecule has 3 N–H and O–H groups in total. The highest BCUT2D eigenvalue weighted by Gasteiger charge is 2.54. The van der Waals surface area contributed by atoms with Crippen LogP contribution in [0.2, 0.25) is 0 Å². The third-order valence-corrected chi connectivity index (χ3v) is 7.96. The fraction of sp³-hybridized carbons (Fsp3) is 0.667. The average molecular weight is 397 g/mol. The van der Waals surface area contributed by atoms with E-state index in [4.69, 9.17) is 0 Å². The second-order valence-electron chi connectivity index (χ2n) is 10.2. The smallest absolute Gasteiger partial charge is 0.251 e. The molecule has 0 aliphatic heterocycles. The van der Waals surface area contributed by atoms with Gasteiger partial charge in [0.2, 0.25) is 5.91 Å². The van der Waals surface area contributed by atoms with E-state index in [9.17, 15) is 14.7 Å². The molecular formula is C24H32N2O3. The zero-order chi connectivity index (χ0) is 20.0. The lowest BCUT2D eigenvalue weighted by molar-refractivity contribution is -0.140. The standard InChI is InChI=1S/C24H32N2O3/c27-21-7-5-19(6-8-21)25-22(28)18-1-3-20(4-2-18)26-23(29)24-12-15-9-16(13-24)11-17(10-15)14-24/h1-4,15-17,19,21,27H,5-14H2,(H,25,28)(H,26,29). The van der Waals surface area contributed by atoms with Gasteiger partial charge >= 0.3 is 0 Å². The Morgan fingerprint density at radius 3 is 1.97 bits per heavy atom. The van der Waals surface area contributed by atoms with E-state index in [-0.39, 0.29) is 29.4 Å². The Balaban J connectivity index is 1.20. The average Bonchev–Trinajstić information content (AvgIpc) is 2.69. The molecule has 2 amide bonds. The number of carbonyl (C=O) groups excluding carboxylic acids is 2.